The average Bonchev–Trinajstić information content (AvgIpc) is 2.42. The summed E-state index contributed by atoms with van der Waals surface area (Å²) in [6.07, 6.45) is 0. The van der Waals surface area contributed by atoms with Crippen LogP contribution in [0.15, 0.2) is 35.2 Å². The van der Waals surface area contributed by atoms with Crippen LogP contribution < -0.4 is 5.32 Å². The molecule has 0 aliphatic heterocycles. The van der Waals surface area contributed by atoms with Crippen LogP contribution in [0.1, 0.15) is 0 Å². The Hall–Kier alpha value is -1.53. The van der Waals surface area contributed by atoms with Crippen LogP contribution in [0.5, 0.6) is 0 Å². The molecule has 1 unspecified atom stereocenters. The van der Waals surface area contributed by atoms with Crippen LogP contribution in [0, 0.1) is 0 Å². The Labute approximate surface area is 110 Å². The maximum absolute atomic E-state index is 11.6. The first-order valence-electron chi connectivity index (χ1n) is 5.33. The van der Waals surface area contributed by atoms with Crippen LogP contribution in [0.2, 0.25) is 0 Å². The second kappa shape index (κ2) is 7.73. The summed E-state index contributed by atoms with van der Waals surface area (Å²) >= 11 is 1.35. The monoisotopic (exact) mass is 269 g/mol. The molecule has 98 valence electrons. The van der Waals surface area contributed by atoms with E-state index in [1.165, 1.54) is 18.9 Å². The van der Waals surface area contributed by atoms with Crippen LogP contribution in [-0.2, 0) is 14.3 Å². The number of carbonyl (C=O) groups excluding carboxylic acids is 2. The molecule has 0 radical (unpaired) electrons. The molecule has 1 atom stereocenters. The molecular weight excluding hydrogens is 254 g/mol. The first-order valence-corrected chi connectivity index (χ1v) is 6.32. The van der Waals surface area contributed by atoms with Crippen molar-refractivity contribution in [1.29, 1.82) is 0 Å². The Morgan fingerprint density at radius 1 is 1.39 bits per heavy atom. The molecule has 6 heteroatoms. The molecule has 2 N–H and O–H groups in total. The molecule has 0 bridgehead atoms. The fourth-order valence-corrected chi connectivity index (χ4v) is 1.95. The van der Waals surface area contributed by atoms with Crippen molar-refractivity contribution in [3.63, 3.8) is 0 Å². The molecule has 0 heterocycles. The number of hydrogen-bond acceptors (Lipinski definition) is 5. The molecule has 0 fully saturated rings. The normalized spacial score (nSPS) is 11.7. The van der Waals surface area contributed by atoms with E-state index in [2.05, 4.69) is 10.1 Å². The molecule has 18 heavy (non-hydrogen) atoms. The van der Waals surface area contributed by atoms with Gasteiger partial charge in [0.2, 0.25) is 5.91 Å². The van der Waals surface area contributed by atoms with Gasteiger partial charge in [0.25, 0.3) is 0 Å². The van der Waals surface area contributed by atoms with Gasteiger partial charge in [0, 0.05) is 4.90 Å². The number of rotatable bonds is 6. The summed E-state index contributed by atoms with van der Waals surface area (Å²) in [7, 11) is 1.20. The zero-order chi connectivity index (χ0) is 13.4. The van der Waals surface area contributed by atoms with E-state index in [1.54, 1.807) is 0 Å². The van der Waals surface area contributed by atoms with Crippen molar-refractivity contribution >= 4 is 23.6 Å². The lowest BCUT2D eigenvalue weighted by Crippen LogP contribution is -2.44. The summed E-state index contributed by atoms with van der Waals surface area (Å²) in [5.74, 6) is -0.804. The number of benzene rings is 1. The third kappa shape index (κ3) is 4.77. The lowest BCUT2D eigenvalue weighted by atomic mass is 10.3. The summed E-state index contributed by atoms with van der Waals surface area (Å²) < 4.78 is 4.45. The molecule has 1 rings (SSSR count). The van der Waals surface area contributed by atoms with E-state index in [0.717, 1.165) is 4.90 Å². The first kappa shape index (κ1) is 14.5. The predicted octanol–water partition coefficient (Wildman–Crippen LogP) is 0.429. The van der Waals surface area contributed by atoms with Gasteiger partial charge in [-0.15, -0.1) is 11.8 Å². The Morgan fingerprint density at radius 3 is 2.61 bits per heavy atom. The van der Waals surface area contributed by atoms with Gasteiger partial charge < -0.3 is 15.2 Å². The van der Waals surface area contributed by atoms with Crippen molar-refractivity contribution in [2.24, 2.45) is 0 Å². The first-order chi connectivity index (χ1) is 8.67. The zero-order valence-electron chi connectivity index (χ0n) is 9.96. The quantitative estimate of drug-likeness (QED) is 0.578. The smallest absolute Gasteiger partial charge is 0.330 e. The van der Waals surface area contributed by atoms with Gasteiger partial charge in [-0.3, -0.25) is 4.79 Å². The summed E-state index contributed by atoms with van der Waals surface area (Å²) in [6.45, 7) is -0.478. The van der Waals surface area contributed by atoms with E-state index in [4.69, 9.17) is 5.11 Å². The number of nitrogens with one attached hydrogen (secondary N) is 1. The van der Waals surface area contributed by atoms with Crippen molar-refractivity contribution in [2.75, 3.05) is 19.5 Å². The molecule has 1 aromatic carbocycles. The maximum Gasteiger partial charge on any atom is 0.330 e. The van der Waals surface area contributed by atoms with E-state index in [0.29, 0.717) is 0 Å². The average molecular weight is 269 g/mol. The molecule has 5 nitrogen and oxygen atoms in total. The number of thioether (sulfide) groups is 1. The number of aliphatic hydroxyl groups is 1. The number of amides is 1. The third-order valence-corrected chi connectivity index (χ3v) is 3.13. The summed E-state index contributed by atoms with van der Waals surface area (Å²) in [5.41, 5.74) is 0. The van der Waals surface area contributed by atoms with E-state index in [9.17, 15) is 9.59 Å². The number of ether oxygens (including phenoxy) is 1. The highest BCUT2D eigenvalue weighted by molar-refractivity contribution is 8.00. The minimum absolute atomic E-state index is 0.178. The van der Waals surface area contributed by atoms with Gasteiger partial charge in [0.1, 0.15) is 0 Å². The molecule has 0 saturated carbocycles. The number of methoxy groups -OCH3 is 1. The Balaban J connectivity index is 2.39. The van der Waals surface area contributed by atoms with E-state index >= 15 is 0 Å². The fraction of sp³-hybridized carbons (Fsp3) is 0.333. The van der Waals surface area contributed by atoms with Crippen molar-refractivity contribution < 1.29 is 19.4 Å². The topological polar surface area (TPSA) is 75.6 Å². The zero-order valence-corrected chi connectivity index (χ0v) is 10.8. The maximum atomic E-state index is 11.6. The Bertz CT molecular complexity index is 396. The standard InChI is InChI=1S/C12H15NO4S/c1-17-12(16)10(7-14)13-11(15)8-18-9-5-3-2-4-6-9/h2-6,10,14H,7-8H2,1H3,(H,13,15). The second-order valence-corrected chi connectivity index (χ2v) is 4.48. The largest absolute Gasteiger partial charge is 0.467 e. The summed E-state index contributed by atoms with van der Waals surface area (Å²) in [4.78, 5) is 23.7. The van der Waals surface area contributed by atoms with Crippen LogP contribution in [0.25, 0.3) is 0 Å². The van der Waals surface area contributed by atoms with E-state index in [1.807, 2.05) is 30.3 Å². The van der Waals surface area contributed by atoms with Gasteiger partial charge in [0.15, 0.2) is 6.04 Å². The third-order valence-electron chi connectivity index (χ3n) is 2.12. The van der Waals surface area contributed by atoms with Crippen LogP contribution in [0.4, 0.5) is 0 Å². The molecule has 0 aliphatic carbocycles. The van der Waals surface area contributed by atoms with E-state index in [-0.39, 0.29) is 11.7 Å². The highest BCUT2D eigenvalue weighted by atomic mass is 32.2. The summed E-state index contributed by atoms with van der Waals surface area (Å²) in [5, 5.41) is 11.3. The second-order valence-electron chi connectivity index (χ2n) is 3.43. The molecule has 0 spiro atoms. The highest BCUT2D eigenvalue weighted by Gasteiger charge is 2.20. The highest BCUT2D eigenvalue weighted by Crippen LogP contribution is 2.16. The van der Waals surface area contributed by atoms with E-state index < -0.39 is 18.6 Å². The van der Waals surface area contributed by atoms with Crippen LogP contribution in [-0.4, -0.2) is 42.5 Å². The van der Waals surface area contributed by atoms with Crippen LogP contribution >= 0.6 is 11.8 Å². The minimum atomic E-state index is -1.00. The molecule has 1 amide bonds. The van der Waals surface area contributed by atoms with Crippen molar-refractivity contribution in [1.82, 2.24) is 5.32 Å². The van der Waals surface area contributed by atoms with Gasteiger partial charge in [-0.2, -0.15) is 0 Å². The van der Waals surface area contributed by atoms with Gasteiger partial charge in [-0.25, -0.2) is 4.79 Å². The molecule has 0 saturated heterocycles. The predicted molar refractivity (Wildman–Crippen MR) is 68.2 cm³/mol. The number of carbonyl (C=O) groups is 2. The molecule has 0 aromatic heterocycles. The minimum Gasteiger partial charge on any atom is -0.467 e. The Morgan fingerprint density at radius 2 is 2.06 bits per heavy atom. The van der Waals surface area contributed by atoms with Gasteiger partial charge >= 0.3 is 5.97 Å². The van der Waals surface area contributed by atoms with Gasteiger partial charge in [-0.1, -0.05) is 18.2 Å². The summed E-state index contributed by atoms with van der Waals surface area (Å²) in [6, 6.07) is 8.43. The number of aliphatic hydroxyl groups excluding tert-OH is 1. The lowest BCUT2D eigenvalue weighted by Gasteiger charge is -2.13. The van der Waals surface area contributed by atoms with Gasteiger partial charge in [0.05, 0.1) is 19.5 Å². The lowest BCUT2D eigenvalue weighted by molar-refractivity contribution is -0.145. The molecule has 0 aliphatic rings. The van der Waals surface area contributed by atoms with Crippen molar-refractivity contribution in [2.45, 2.75) is 10.9 Å². The molecule has 1 aromatic rings. The van der Waals surface area contributed by atoms with Crippen LogP contribution in [0.3, 0.4) is 0 Å². The molecular formula is C12H15NO4S. The Kier molecular flexibility index (Phi) is 6.24. The SMILES string of the molecule is COC(=O)C(CO)NC(=O)CSc1ccccc1. The van der Waals surface area contributed by atoms with Gasteiger partial charge in [-0.05, 0) is 12.1 Å². The van der Waals surface area contributed by atoms with Crippen molar-refractivity contribution in [3.05, 3.63) is 30.3 Å². The number of esters is 1. The fourth-order valence-electron chi connectivity index (χ4n) is 1.22. The number of hydrogen-bond donors (Lipinski definition) is 2. The van der Waals surface area contributed by atoms with Crippen molar-refractivity contribution in [3.8, 4) is 0 Å².